The molecule has 0 amide bonds. The van der Waals surface area contributed by atoms with Crippen LogP contribution in [0.25, 0.3) is 0 Å². The van der Waals surface area contributed by atoms with Gasteiger partial charge in [0.15, 0.2) is 0 Å². The van der Waals surface area contributed by atoms with Gasteiger partial charge in [-0.05, 0) is 43.2 Å². The molecule has 0 spiro atoms. The molecular weight excluding hydrogens is 232 g/mol. The summed E-state index contributed by atoms with van der Waals surface area (Å²) in [5.74, 6) is 1.59. The molecule has 1 saturated heterocycles. The maximum Gasteiger partial charge on any atom is 0.117 e. The van der Waals surface area contributed by atoms with Crippen LogP contribution in [0.5, 0.6) is 0 Å². The molecule has 19 heavy (non-hydrogen) atoms. The number of para-hydroxylation sites is 1. The zero-order chi connectivity index (χ0) is 13.2. The monoisotopic (exact) mass is 254 g/mol. The minimum atomic E-state index is 0.0638. The summed E-state index contributed by atoms with van der Waals surface area (Å²) in [4.78, 5) is 2.42. The minimum Gasteiger partial charge on any atom is -0.352 e. The standard InChI is InChI=1S/C17H22N2/c1-13-6-5-9-17-16(13)11-10-15(12-18)19(17)14-7-3-2-4-8-14/h2-4,7-8,13,15-17H,5-6,9-11H2,1H3/t13-,15?,16+,17-/m1/s1. The summed E-state index contributed by atoms with van der Waals surface area (Å²) in [5.41, 5.74) is 1.23. The van der Waals surface area contributed by atoms with Gasteiger partial charge in [0.25, 0.3) is 0 Å². The van der Waals surface area contributed by atoms with Crippen molar-refractivity contribution in [1.82, 2.24) is 0 Å². The third-order valence-electron chi connectivity index (χ3n) is 5.05. The lowest BCUT2D eigenvalue weighted by Gasteiger charge is -2.50. The van der Waals surface area contributed by atoms with Gasteiger partial charge in [-0.3, -0.25) is 0 Å². The third-order valence-corrected chi connectivity index (χ3v) is 5.05. The van der Waals surface area contributed by atoms with E-state index in [0.717, 1.165) is 18.3 Å². The van der Waals surface area contributed by atoms with Crippen LogP contribution in [0, 0.1) is 23.2 Å². The van der Waals surface area contributed by atoms with Crippen molar-refractivity contribution in [2.45, 2.75) is 51.1 Å². The van der Waals surface area contributed by atoms with Gasteiger partial charge in [0.2, 0.25) is 0 Å². The molecular formula is C17H22N2. The average Bonchev–Trinajstić information content (AvgIpc) is 2.47. The quantitative estimate of drug-likeness (QED) is 0.758. The smallest absolute Gasteiger partial charge is 0.117 e. The Kier molecular flexibility index (Phi) is 3.46. The zero-order valence-electron chi connectivity index (χ0n) is 11.6. The topological polar surface area (TPSA) is 27.0 Å². The lowest BCUT2D eigenvalue weighted by Crippen LogP contribution is -2.53. The maximum atomic E-state index is 9.49. The van der Waals surface area contributed by atoms with Crippen LogP contribution in [0.2, 0.25) is 0 Å². The fraction of sp³-hybridized carbons (Fsp3) is 0.588. The van der Waals surface area contributed by atoms with Crippen LogP contribution >= 0.6 is 0 Å². The molecule has 3 rings (SSSR count). The first-order valence-corrected chi connectivity index (χ1v) is 7.54. The number of hydrogen-bond donors (Lipinski definition) is 0. The molecule has 2 aliphatic rings. The molecule has 1 aliphatic carbocycles. The van der Waals surface area contributed by atoms with E-state index in [-0.39, 0.29) is 6.04 Å². The molecule has 1 aromatic rings. The number of nitrogens with zero attached hydrogens (tertiary/aromatic N) is 2. The van der Waals surface area contributed by atoms with Crippen LogP contribution in [0.15, 0.2) is 30.3 Å². The lowest BCUT2D eigenvalue weighted by molar-refractivity contribution is 0.164. The molecule has 0 aromatic heterocycles. The fourth-order valence-electron chi connectivity index (χ4n) is 4.10. The van der Waals surface area contributed by atoms with E-state index in [9.17, 15) is 5.26 Å². The summed E-state index contributed by atoms with van der Waals surface area (Å²) in [6.45, 7) is 2.40. The Bertz CT molecular complexity index is 462. The van der Waals surface area contributed by atoms with E-state index >= 15 is 0 Å². The highest BCUT2D eigenvalue weighted by molar-refractivity contribution is 5.50. The molecule has 1 saturated carbocycles. The molecule has 2 nitrogen and oxygen atoms in total. The summed E-state index contributed by atoms with van der Waals surface area (Å²) in [6.07, 6.45) is 6.18. The van der Waals surface area contributed by atoms with Crippen molar-refractivity contribution < 1.29 is 0 Å². The van der Waals surface area contributed by atoms with E-state index in [1.807, 2.05) is 0 Å². The number of fused-ring (bicyclic) bond motifs is 1. The molecule has 100 valence electrons. The van der Waals surface area contributed by atoms with Crippen LogP contribution in [-0.4, -0.2) is 12.1 Å². The number of benzene rings is 1. The Morgan fingerprint density at radius 1 is 1.11 bits per heavy atom. The van der Waals surface area contributed by atoms with Crippen LogP contribution in [0.3, 0.4) is 0 Å². The number of anilines is 1. The van der Waals surface area contributed by atoms with E-state index in [2.05, 4.69) is 48.2 Å². The van der Waals surface area contributed by atoms with Gasteiger partial charge in [0.05, 0.1) is 6.07 Å². The average molecular weight is 254 g/mol. The molecule has 1 aromatic carbocycles. The molecule has 0 bridgehead atoms. The van der Waals surface area contributed by atoms with Gasteiger partial charge in [-0.1, -0.05) is 38.0 Å². The molecule has 0 N–H and O–H groups in total. The third kappa shape index (κ3) is 2.23. The van der Waals surface area contributed by atoms with Gasteiger partial charge in [0, 0.05) is 11.7 Å². The maximum absolute atomic E-state index is 9.49. The Hall–Kier alpha value is -1.49. The fourth-order valence-corrected chi connectivity index (χ4v) is 4.10. The zero-order valence-corrected chi connectivity index (χ0v) is 11.6. The molecule has 2 fully saturated rings. The molecule has 1 heterocycles. The van der Waals surface area contributed by atoms with E-state index in [1.165, 1.54) is 31.4 Å². The van der Waals surface area contributed by atoms with Crippen molar-refractivity contribution in [2.24, 2.45) is 11.8 Å². The first kappa shape index (κ1) is 12.5. The molecule has 4 atom stereocenters. The SMILES string of the molecule is C[C@@H]1CCC[C@@H]2[C@H]1CCC(C#N)N2c1ccccc1. The normalized spacial score (nSPS) is 34.4. The highest BCUT2D eigenvalue weighted by Crippen LogP contribution is 2.42. The van der Waals surface area contributed by atoms with Gasteiger partial charge in [-0.2, -0.15) is 5.26 Å². The van der Waals surface area contributed by atoms with Gasteiger partial charge in [0.1, 0.15) is 6.04 Å². The van der Waals surface area contributed by atoms with E-state index in [0.29, 0.717) is 6.04 Å². The second-order valence-electron chi connectivity index (χ2n) is 6.10. The summed E-state index contributed by atoms with van der Waals surface area (Å²) >= 11 is 0. The number of hydrogen-bond acceptors (Lipinski definition) is 2. The van der Waals surface area contributed by atoms with Crippen LogP contribution in [0.4, 0.5) is 5.69 Å². The lowest BCUT2D eigenvalue weighted by atomic mass is 9.70. The van der Waals surface area contributed by atoms with Crippen LogP contribution in [-0.2, 0) is 0 Å². The van der Waals surface area contributed by atoms with Gasteiger partial charge < -0.3 is 4.90 Å². The second kappa shape index (κ2) is 5.25. The van der Waals surface area contributed by atoms with Gasteiger partial charge in [-0.15, -0.1) is 0 Å². The van der Waals surface area contributed by atoms with Crippen molar-refractivity contribution in [1.29, 1.82) is 5.26 Å². The van der Waals surface area contributed by atoms with E-state index in [4.69, 9.17) is 0 Å². The summed E-state index contributed by atoms with van der Waals surface area (Å²) in [7, 11) is 0. The first-order chi connectivity index (χ1) is 9.31. The minimum absolute atomic E-state index is 0.0638. The van der Waals surface area contributed by atoms with Crippen LogP contribution in [0.1, 0.15) is 39.0 Å². The van der Waals surface area contributed by atoms with E-state index < -0.39 is 0 Å². The molecule has 0 radical (unpaired) electrons. The summed E-state index contributed by atoms with van der Waals surface area (Å²) < 4.78 is 0. The largest absolute Gasteiger partial charge is 0.352 e. The first-order valence-electron chi connectivity index (χ1n) is 7.54. The Labute approximate surface area is 116 Å². The van der Waals surface area contributed by atoms with E-state index in [1.54, 1.807) is 0 Å². The van der Waals surface area contributed by atoms with Crippen LogP contribution < -0.4 is 4.90 Å². The highest BCUT2D eigenvalue weighted by Gasteiger charge is 2.41. The van der Waals surface area contributed by atoms with Gasteiger partial charge in [-0.25, -0.2) is 0 Å². The van der Waals surface area contributed by atoms with Crippen molar-refractivity contribution in [3.05, 3.63) is 30.3 Å². The molecule has 1 unspecified atom stereocenters. The van der Waals surface area contributed by atoms with Crippen molar-refractivity contribution in [3.8, 4) is 6.07 Å². The summed E-state index contributed by atoms with van der Waals surface area (Å²) in [5, 5.41) is 9.49. The number of rotatable bonds is 1. The number of nitriles is 1. The van der Waals surface area contributed by atoms with Crippen molar-refractivity contribution >= 4 is 5.69 Å². The predicted molar refractivity (Wildman–Crippen MR) is 77.8 cm³/mol. The molecule has 1 aliphatic heterocycles. The van der Waals surface area contributed by atoms with Crippen molar-refractivity contribution in [2.75, 3.05) is 4.90 Å². The Morgan fingerprint density at radius 3 is 2.63 bits per heavy atom. The predicted octanol–water partition coefficient (Wildman–Crippen LogP) is 3.98. The Morgan fingerprint density at radius 2 is 1.89 bits per heavy atom. The molecule has 2 heteroatoms. The summed E-state index contributed by atoms with van der Waals surface area (Å²) in [6, 6.07) is 13.7. The van der Waals surface area contributed by atoms with Gasteiger partial charge >= 0.3 is 0 Å². The second-order valence-corrected chi connectivity index (χ2v) is 6.10. The number of piperidine rings is 1. The highest BCUT2D eigenvalue weighted by atomic mass is 15.2. The Balaban J connectivity index is 1.94. The van der Waals surface area contributed by atoms with Crippen molar-refractivity contribution in [3.63, 3.8) is 0 Å².